The molecule has 0 saturated carbocycles. The molecule has 0 aliphatic carbocycles. The fraction of sp³-hybridized carbons (Fsp3) is 0.938. The third-order valence-corrected chi connectivity index (χ3v) is 3.47. The zero-order valence-corrected chi connectivity index (χ0v) is 13.2. The van der Waals surface area contributed by atoms with Crippen LogP contribution in [0.5, 0.6) is 0 Å². The highest BCUT2D eigenvalue weighted by Gasteiger charge is 2.38. The molecule has 108 valence electrons. The maximum atomic E-state index is 12.4. The molecule has 1 atom stereocenters. The van der Waals surface area contributed by atoms with Gasteiger partial charge in [-0.2, -0.15) is 0 Å². The molecular formula is C16H32O2. The van der Waals surface area contributed by atoms with Crippen molar-refractivity contribution in [2.45, 2.75) is 73.6 Å². The van der Waals surface area contributed by atoms with Crippen LogP contribution in [0.4, 0.5) is 0 Å². The Balaban J connectivity index is 4.73. The van der Waals surface area contributed by atoms with Crippen LogP contribution < -0.4 is 0 Å². The molecule has 0 rings (SSSR count). The molecule has 0 bridgehead atoms. The minimum Gasteiger partial charge on any atom is -0.465 e. The maximum Gasteiger partial charge on any atom is 0.312 e. The van der Waals surface area contributed by atoms with Crippen LogP contribution in [-0.2, 0) is 9.53 Å². The Hall–Kier alpha value is -0.530. The smallest absolute Gasteiger partial charge is 0.312 e. The third-order valence-electron chi connectivity index (χ3n) is 3.47. The van der Waals surface area contributed by atoms with Gasteiger partial charge in [0.05, 0.1) is 12.0 Å². The average Bonchev–Trinajstić information content (AvgIpc) is 2.30. The molecule has 0 N–H and O–H groups in total. The summed E-state index contributed by atoms with van der Waals surface area (Å²) in [7, 11) is 0. The van der Waals surface area contributed by atoms with Gasteiger partial charge in [-0.15, -0.1) is 0 Å². The van der Waals surface area contributed by atoms with E-state index in [0.29, 0.717) is 18.4 Å². The second-order valence-electron chi connectivity index (χ2n) is 6.33. The molecule has 2 heteroatoms. The summed E-state index contributed by atoms with van der Waals surface area (Å²) in [5.41, 5.74) is -0.251. The van der Waals surface area contributed by atoms with E-state index in [9.17, 15) is 4.79 Å². The molecule has 0 heterocycles. The van der Waals surface area contributed by atoms with Crippen LogP contribution in [0.3, 0.4) is 0 Å². The van der Waals surface area contributed by atoms with Crippen molar-refractivity contribution in [2.75, 3.05) is 6.61 Å². The van der Waals surface area contributed by atoms with Gasteiger partial charge in [-0.3, -0.25) is 4.79 Å². The van der Waals surface area contributed by atoms with Gasteiger partial charge in [0, 0.05) is 0 Å². The lowest BCUT2D eigenvalue weighted by Crippen LogP contribution is -2.34. The van der Waals surface area contributed by atoms with Crippen LogP contribution in [0.2, 0.25) is 0 Å². The molecule has 0 aromatic rings. The predicted octanol–water partition coefficient (Wildman–Crippen LogP) is 4.82. The molecule has 0 aromatic carbocycles. The zero-order chi connectivity index (χ0) is 14.2. The summed E-state index contributed by atoms with van der Waals surface area (Å²) in [5.74, 6) is 0.975. The minimum atomic E-state index is -0.251. The van der Waals surface area contributed by atoms with Crippen LogP contribution in [0, 0.1) is 17.3 Å². The van der Waals surface area contributed by atoms with Gasteiger partial charge < -0.3 is 4.74 Å². The first-order valence-corrected chi connectivity index (χ1v) is 7.55. The van der Waals surface area contributed by atoms with E-state index in [1.807, 2.05) is 0 Å². The van der Waals surface area contributed by atoms with Crippen LogP contribution in [0.1, 0.15) is 73.6 Å². The van der Waals surface area contributed by atoms with Crippen LogP contribution >= 0.6 is 0 Å². The molecule has 0 saturated heterocycles. The fourth-order valence-corrected chi connectivity index (χ4v) is 2.44. The van der Waals surface area contributed by atoms with Gasteiger partial charge in [0.25, 0.3) is 0 Å². The summed E-state index contributed by atoms with van der Waals surface area (Å²) >= 11 is 0. The first kappa shape index (κ1) is 17.5. The lowest BCUT2D eigenvalue weighted by molar-refractivity contribution is -0.159. The number of carbonyl (C=O) groups is 1. The largest absolute Gasteiger partial charge is 0.465 e. The Kier molecular flexibility index (Phi) is 8.30. The Morgan fingerprint density at radius 3 is 2.11 bits per heavy atom. The molecule has 0 amide bonds. The molecule has 1 unspecified atom stereocenters. The van der Waals surface area contributed by atoms with Gasteiger partial charge in [-0.25, -0.2) is 0 Å². The topological polar surface area (TPSA) is 26.3 Å². The summed E-state index contributed by atoms with van der Waals surface area (Å²) in [6.45, 7) is 13.4. The van der Waals surface area contributed by atoms with E-state index >= 15 is 0 Å². The van der Waals surface area contributed by atoms with Crippen molar-refractivity contribution in [1.29, 1.82) is 0 Å². The lowest BCUT2D eigenvalue weighted by Gasteiger charge is -2.32. The molecule has 0 aliphatic rings. The number of rotatable bonds is 9. The van der Waals surface area contributed by atoms with E-state index in [-0.39, 0.29) is 11.4 Å². The first-order valence-electron chi connectivity index (χ1n) is 7.55. The normalized spacial score (nSPS) is 14.9. The fourth-order valence-electron chi connectivity index (χ4n) is 2.44. The Morgan fingerprint density at radius 2 is 1.72 bits per heavy atom. The summed E-state index contributed by atoms with van der Waals surface area (Å²) < 4.78 is 5.52. The Labute approximate surface area is 113 Å². The highest BCUT2D eigenvalue weighted by molar-refractivity contribution is 5.76. The van der Waals surface area contributed by atoms with Crippen LogP contribution in [0.25, 0.3) is 0 Å². The first-order chi connectivity index (χ1) is 8.38. The molecule has 0 aromatic heterocycles. The van der Waals surface area contributed by atoms with Gasteiger partial charge in [0.15, 0.2) is 0 Å². The Bertz CT molecular complexity index is 233. The number of hydrogen-bond acceptors (Lipinski definition) is 2. The van der Waals surface area contributed by atoms with E-state index in [0.717, 1.165) is 32.1 Å². The van der Waals surface area contributed by atoms with Crippen molar-refractivity contribution in [2.24, 2.45) is 17.3 Å². The lowest BCUT2D eigenvalue weighted by atomic mass is 9.74. The zero-order valence-electron chi connectivity index (χ0n) is 13.2. The number of esters is 1. The van der Waals surface area contributed by atoms with Crippen LogP contribution in [0.15, 0.2) is 0 Å². The van der Waals surface area contributed by atoms with Crippen molar-refractivity contribution in [3.05, 3.63) is 0 Å². The van der Waals surface area contributed by atoms with Gasteiger partial charge in [-0.1, -0.05) is 54.4 Å². The van der Waals surface area contributed by atoms with Gasteiger partial charge in [0.2, 0.25) is 0 Å². The SMILES string of the molecule is CCCCC(CC)(CC(C)C)C(=O)OCC(C)C. The van der Waals surface area contributed by atoms with Gasteiger partial charge >= 0.3 is 5.97 Å². The number of unbranched alkanes of at least 4 members (excludes halogenated alkanes) is 1. The predicted molar refractivity (Wildman–Crippen MR) is 77.5 cm³/mol. The van der Waals surface area contributed by atoms with Gasteiger partial charge in [-0.05, 0) is 31.1 Å². The quantitative estimate of drug-likeness (QED) is 0.553. The minimum absolute atomic E-state index is 0.0286. The van der Waals surface area contributed by atoms with Crippen molar-refractivity contribution < 1.29 is 9.53 Å². The average molecular weight is 256 g/mol. The maximum absolute atomic E-state index is 12.4. The monoisotopic (exact) mass is 256 g/mol. The molecular weight excluding hydrogens is 224 g/mol. The highest BCUT2D eigenvalue weighted by Crippen LogP contribution is 2.37. The Morgan fingerprint density at radius 1 is 1.11 bits per heavy atom. The van der Waals surface area contributed by atoms with E-state index in [1.165, 1.54) is 0 Å². The van der Waals surface area contributed by atoms with Crippen molar-refractivity contribution in [3.8, 4) is 0 Å². The van der Waals surface area contributed by atoms with E-state index in [4.69, 9.17) is 4.74 Å². The molecule has 2 nitrogen and oxygen atoms in total. The van der Waals surface area contributed by atoms with Crippen molar-refractivity contribution in [1.82, 2.24) is 0 Å². The van der Waals surface area contributed by atoms with E-state index in [2.05, 4.69) is 41.5 Å². The highest BCUT2D eigenvalue weighted by atomic mass is 16.5. The number of hydrogen-bond donors (Lipinski definition) is 0. The summed E-state index contributed by atoms with van der Waals surface area (Å²) in [6, 6.07) is 0. The molecule has 0 radical (unpaired) electrons. The van der Waals surface area contributed by atoms with Gasteiger partial charge in [0.1, 0.15) is 0 Å². The molecule has 0 aliphatic heterocycles. The molecule has 0 fully saturated rings. The second-order valence-corrected chi connectivity index (χ2v) is 6.33. The standard InChI is InChI=1S/C16H32O2/c1-7-9-10-16(8-2,11-13(3)4)15(17)18-12-14(5)6/h13-14H,7-12H2,1-6H3. The number of carbonyl (C=O) groups excluding carboxylic acids is 1. The van der Waals surface area contributed by atoms with Crippen molar-refractivity contribution in [3.63, 3.8) is 0 Å². The molecule has 0 spiro atoms. The van der Waals surface area contributed by atoms with E-state index in [1.54, 1.807) is 0 Å². The van der Waals surface area contributed by atoms with Crippen LogP contribution in [-0.4, -0.2) is 12.6 Å². The summed E-state index contributed by atoms with van der Waals surface area (Å²) in [6.07, 6.45) is 5.05. The third kappa shape index (κ3) is 5.88. The second kappa shape index (κ2) is 8.55. The van der Waals surface area contributed by atoms with E-state index < -0.39 is 0 Å². The van der Waals surface area contributed by atoms with Crippen molar-refractivity contribution >= 4 is 5.97 Å². The summed E-state index contributed by atoms with van der Waals surface area (Å²) in [5, 5.41) is 0. The summed E-state index contributed by atoms with van der Waals surface area (Å²) in [4.78, 5) is 12.4. The molecule has 18 heavy (non-hydrogen) atoms. The number of ether oxygens (including phenoxy) is 1.